The van der Waals surface area contributed by atoms with Crippen molar-refractivity contribution in [1.29, 1.82) is 0 Å². The van der Waals surface area contributed by atoms with Gasteiger partial charge in [0.25, 0.3) is 5.91 Å². The number of anilines is 1. The van der Waals surface area contributed by atoms with Gasteiger partial charge in [-0.2, -0.15) is 0 Å². The second-order valence-electron chi connectivity index (χ2n) is 5.90. The molecule has 2 N–H and O–H groups in total. The molecule has 1 heterocycles. The van der Waals surface area contributed by atoms with Gasteiger partial charge in [0.1, 0.15) is 5.01 Å². The number of nitrogens with zero attached hydrogens (tertiary/aromatic N) is 1. The molecule has 2 aromatic carbocycles. The molecule has 0 aliphatic carbocycles. The molecule has 0 bridgehead atoms. The molecule has 0 saturated heterocycles. The molecule has 0 atom stereocenters. The molecule has 132 valence electrons. The van der Waals surface area contributed by atoms with E-state index in [-0.39, 0.29) is 11.8 Å². The topological polar surface area (TPSA) is 71.1 Å². The summed E-state index contributed by atoms with van der Waals surface area (Å²) in [5.74, 6) is -0.378. The van der Waals surface area contributed by atoms with Crippen molar-refractivity contribution in [2.24, 2.45) is 0 Å². The van der Waals surface area contributed by atoms with E-state index in [1.54, 1.807) is 35.6 Å². The Bertz CT molecular complexity index is 949. The largest absolute Gasteiger partial charge is 0.346 e. The lowest BCUT2D eigenvalue weighted by molar-refractivity contribution is -0.114. The van der Waals surface area contributed by atoms with Gasteiger partial charge in [-0.05, 0) is 30.7 Å². The number of benzene rings is 2. The average molecular weight is 365 g/mol. The smallest absolute Gasteiger partial charge is 0.251 e. The lowest BCUT2D eigenvalue weighted by atomic mass is 10.1. The number of nitrogens with one attached hydrogen (secondary N) is 2. The van der Waals surface area contributed by atoms with Gasteiger partial charge in [-0.1, -0.05) is 30.3 Å². The Morgan fingerprint density at radius 1 is 1.12 bits per heavy atom. The number of aryl methyl sites for hydroxylation is 1. The SMILES string of the molecule is CC(=O)Nc1cccc(C(=O)NCc2csc(-c3ccccc3C)n2)c1. The molecular formula is C20H19N3O2S. The molecule has 0 radical (unpaired) electrons. The highest BCUT2D eigenvalue weighted by atomic mass is 32.1. The van der Waals surface area contributed by atoms with E-state index in [0.29, 0.717) is 17.8 Å². The molecule has 0 aliphatic heterocycles. The molecule has 5 nitrogen and oxygen atoms in total. The first-order chi connectivity index (χ1) is 12.5. The predicted octanol–water partition coefficient (Wildman–Crippen LogP) is 4.01. The van der Waals surface area contributed by atoms with Gasteiger partial charge >= 0.3 is 0 Å². The van der Waals surface area contributed by atoms with Crippen LogP contribution in [0.4, 0.5) is 5.69 Å². The first-order valence-electron chi connectivity index (χ1n) is 8.19. The Balaban J connectivity index is 1.65. The Kier molecular flexibility index (Phi) is 5.43. The minimum atomic E-state index is -0.206. The molecule has 1 aromatic heterocycles. The van der Waals surface area contributed by atoms with E-state index in [2.05, 4.69) is 28.6 Å². The van der Waals surface area contributed by atoms with Crippen molar-refractivity contribution in [2.75, 3.05) is 5.32 Å². The lowest BCUT2D eigenvalue weighted by Gasteiger charge is -2.06. The van der Waals surface area contributed by atoms with Gasteiger partial charge in [-0.3, -0.25) is 9.59 Å². The van der Waals surface area contributed by atoms with Gasteiger partial charge in [0.05, 0.1) is 12.2 Å². The quantitative estimate of drug-likeness (QED) is 0.718. The van der Waals surface area contributed by atoms with Crippen LogP contribution in [0.15, 0.2) is 53.9 Å². The van der Waals surface area contributed by atoms with E-state index in [0.717, 1.165) is 16.3 Å². The van der Waals surface area contributed by atoms with Crippen LogP contribution in [0.3, 0.4) is 0 Å². The van der Waals surface area contributed by atoms with Crippen LogP contribution >= 0.6 is 11.3 Å². The zero-order valence-corrected chi connectivity index (χ0v) is 15.4. The summed E-state index contributed by atoms with van der Waals surface area (Å²) in [7, 11) is 0. The highest BCUT2D eigenvalue weighted by Gasteiger charge is 2.10. The van der Waals surface area contributed by atoms with Crippen molar-refractivity contribution >= 4 is 28.8 Å². The molecule has 2 amide bonds. The maximum atomic E-state index is 12.3. The summed E-state index contributed by atoms with van der Waals surface area (Å²) >= 11 is 1.56. The van der Waals surface area contributed by atoms with Crippen LogP contribution in [0, 0.1) is 6.92 Å². The summed E-state index contributed by atoms with van der Waals surface area (Å²) in [5, 5.41) is 8.44. The predicted molar refractivity (Wildman–Crippen MR) is 104 cm³/mol. The number of aromatic nitrogens is 1. The molecule has 0 spiro atoms. The molecule has 0 aliphatic rings. The Morgan fingerprint density at radius 3 is 2.69 bits per heavy atom. The number of thiazole rings is 1. The summed E-state index contributed by atoms with van der Waals surface area (Å²) < 4.78 is 0. The van der Waals surface area contributed by atoms with E-state index in [1.165, 1.54) is 12.5 Å². The molecule has 6 heteroatoms. The fourth-order valence-electron chi connectivity index (χ4n) is 2.54. The summed E-state index contributed by atoms with van der Waals surface area (Å²) in [6.07, 6.45) is 0. The van der Waals surface area contributed by atoms with Gasteiger partial charge in [0, 0.05) is 29.1 Å². The fraction of sp³-hybridized carbons (Fsp3) is 0.150. The van der Waals surface area contributed by atoms with Crippen LogP contribution in [-0.4, -0.2) is 16.8 Å². The van der Waals surface area contributed by atoms with Crippen molar-refractivity contribution < 1.29 is 9.59 Å². The van der Waals surface area contributed by atoms with Crippen LogP contribution in [0.5, 0.6) is 0 Å². The van der Waals surface area contributed by atoms with Gasteiger partial charge in [-0.25, -0.2) is 4.98 Å². The highest BCUT2D eigenvalue weighted by Crippen LogP contribution is 2.26. The van der Waals surface area contributed by atoms with Gasteiger partial charge in [-0.15, -0.1) is 11.3 Å². The molecular weight excluding hydrogens is 346 g/mol. The van der Waals surface area contributed by atoms with Gasteiger partial charge in [0.2, 0.25) is 5.91 Å². The first-order valence-corrected chi connectivity index (χ1v) is 9.07. The summed E-state index contributed by atoms with van der Waals surface area (Å²) in [6.45, 7) is 3.84. The van der Waals surface area contributed by atoms with Crippen LogP contribution < -0.4 is 10.6 Å². The normalized spacial score (nSPS) is 10.4. The highest BCUT2D eigenvalue weighted by molar-refractivity contribution is 7.13. The van der Waals surface area contributed by atoms with Crippen LogP contribution in [0.1, 0.15) is 28.5 Å². The third-order valence-electron chi connectivity index (χ3n) is 3.80. The third kappa shape index (κ3) is 4.34. The monoisotopic (exact) mass is 365 g/mol. The zero-order chi connectivity index (χ0) is 18.5. The number of carbonyl (C=O) groups is 2. The van der Waals surface area contributed by atoms with E-state index in [1.807, 2.05) is 23.6 Å². The second-order valence-corrected chi connectivity index (χ2v) is 6.76. The molecule has 3 aromatic rings. The molecule has 0 unspecified atom stereocenters. The maximum absolute atomic E-state index is 12.3. The zero-order valence-electron chi connectivity index (χ0n) is 14.6. The van der Waals surface area contributed by atoms with Gasteiger partial charge in [0.15, 0.2) is 0 Å². The maximum Gasteiger partial charge on any atom is 0.251 e. The van der Waals surface area contributed by atoms with E-state index >= 15 is 0 Å². The van der Waals surface area contributed by atoms with Crippen LogP contribution in [0.2, 0.25) is 0 Å². The second kappa shape index (κ2) is 7.93. The summed E-state index contributed by atoms with van der Waals surface area (Å²) in [6, 6.07) is 14.9. The number of rotatable bonds is 5. The minimum absolute atomic E-state index is 0.172. The Morgan fingerprint density at radius 2 is 1.92 bits per heavy atom. The van der Waals surface area contributed by atoms with E-state index in [9.17, 15) is 9.59 Å². The molecule has 3 rings (SSSR count). The van der Waals surface area contributed by atoms with Crippen LogP contribution in [0.25, 0.3) is 10.6 Å². The van der Waals surface area contributed by atoms with E-state index in [4.69, 9.17) is 0 Å². The molecule has 0 fully saturated rings. The lowest BCUT2D eigenvalue weighted by Crippen LogP contribution is -2.23. The standard InChI is InChI=1S/C20H19N3O2S/c1-13-6-3-4-9-18(13)20-23-17(12-26-20)11-21-19(25)15-7-5-8-16(10-15)22-14(2)24/h3-10,12H,11H2,1-2H3,(H,21,25)(H,22,24). The van der Waals surface area contributed by atoms with Crippen molar-refractivity contribution in [3.8, 4) is 10.6 Å². The third-order valence-corrected chi connectivity index (χ3v) is 4.73. The van der Waals surface area contributed by atoms with Crippen molar-refractivity contribution in [1.82, 2.24) is 10.3 Å². The van der Waals surface area contributed by atoms with Crippen molar-refractivity contribution in [3.05, 3.63) is 70.7 Å². The number of hydrogen-bond donors (Lipinski definition) is 2. The first kappa shape index (κ1) is 17.8. The van der Waals surface area contributed by atoms with Gasteiger partial charge < -0.3 is 10.6 Å². The van der Waals surface area contributed by atoms with Crippen molar-refractivity contribution in [3.63, 3.8) is 0 Å². The summed E-state index contributed by atoms with van der Waals surface area (Å²) in [4.78, 5) is 28.1. The number of carbonyl (C=O) groups excluding carboxylic acids is 2. The van der Waals surface area contributed by atoms with Crippen LogP contribution in [-0.2, 0) is 11.3 Å². The average Bonchev–Trinajstić information content (AvgIpc) is 3.08. The molecule has 0 saturated carbocycles. The minimum Gasteiger partial charge on any atom is -0.346 e. The Labute approximate surface area is 156 Å². The van der Waals surface area contributed by atoms with E-state index < -0.39 is 0 Å². The molecule has 26 heavy (non-hydrogen) atoms. The fourth-order valence-corrected chi connectivity index (χ4v) is 3.45. The number of hydrogen-bond acceptors (Lipinski definition) is 4. The van der Waals surface area contributed by atoms with Crippen molar-refractivity contribution in [2.45, 2.75) is 20.4 Å². The summed E-state index contributed by atoms with van der Waals surface area (Å²) in [5.41, 5.74) is 4.19. The Hall–Kier alpha value is -2.99. The number of amides is 2.